The van der Waals surface area contributed by atoms with Gasteiger partial charge < -0.3 is 0 Å². The molecule has 1 aromatic carbocycles. The molecular weight excluding hydrogens is 327 g/mol. The van der Waals surface area contributed by atoms with Crippen LogP contribution in [0.2, 0.25) is 0 Å². The molecule has 1 aliphatic rings. The van der Waals surface area contributed by atoms with Gasteiger partial charge in [-0.3, -0.25) is 25.2 Å². The number of allylic oxidation sites excluding steroid dienone is 2. The number of nitrogens with one attached hydrogen (secondary N) is 2. The maximum Gasteiger partial charge on any atom is 0.269 e. The molecule has 5 nitrogen and oxygen atoms in total. The average Bonchev–Trinajstić information content (AvgIpc) is 2.59. The third-order valence-electron chi connectivity index (χ3n) is 2.55. The molecule has 2 N–H and O–H groups in total. The molecule has 1 amide bonds. The Morgan fingerprint density at radius 2 is 1.65 bits per heavy atom. The Bertz CT molecular complexity index is 626. The molecule has 8 heteroatoms. The number of carbonyl (C=O) groups excluding carboxylic acids is 3. The van der Waals surface area contributed by atoms with Gasteiger partial charge in [0.1, 0.15) is 10.7 Å². The van der Waals surface area contributed by atoms with Crippen LogP contribution in [0.3, 0.4) is 0 Å². The minimum Gasteiger partial charge on any atom is -0.293 e. The first-order chi connectivity index (χ1) is 9.35. The largest absolute Gasteiger partial charge is 0.293 e. The summed E-state index contributed by atoms with van der Waals surface area (Å²) in [6.07, 6.45) is 0. The zero-order valence-corrected chi connectivity index (χ0v) is 12.0. The number of alkyl halides is 2. The summed E-state index contributed by atoms with van der Waals surface area (Å²) in [5, 5.41) is -0.451. The predicted octanol–water partition coefficient (Wildman–Crippen LogP) is 1.70. The first kappa shape index (κ1) is 14.8. The van der Waals surface area contributed by atoms with E-state index in [0.29, 0.717) is 5.56 Å². The average molecular weight is 334 g/mol. The van der Waals surface area contributed by atoms with Gasteiger partial charge >= 0.3 is 0 Å². The molecule has 1 aromatic rings. The second kappa shape index (κ2) is 5.44. The first-order valence-corrected chi connectivity index (χ1v) is 6.47. The van der Waals surface area contributed by atoms with E-state index < -0.39 is 26.8 Å². The van der Waals surface area contributed by atoms with Crippen molar-refractivity contribution < 1.29 is 14.4 Å². The van der Waals surface area contributed by atoms with E-state index in [0.717, 1.165) is 0 Å². The Morgan fingerprint density at radius 3 is 2.15 bits per heavy atom. The molecule has 0 fully saturated rings. The van der Waals surface area contributed by atoms with Crippen LogP contribution in [0.25, 0.3) is 0 Å². The van der Waals surface area contributed by atoms with Crippen LogP contribution in [0.1, 0.15) is 10.4 Å². The highest BCUT2D eigenvalue weighted by Gasteiger charge is 2.52. The fourth-order valence-electron chi connectivity index (χ4n) is 1.50. The quantitative estimate of drug-likeness (QED) is 0.501. The van der Waals surface area contributed by atoms with Crippen molar-refractivity contribution in [3.63, 3.8) is 0 Å². The zero-order chi connectivity index (χ0) is 14.9. The number of hydrogen-bond acceptors (Lipinski definition) is 4. The Morgan fingerprint density at radius 1 is 1.05 bits per heavy atom. The number of Topliss-reactive ketones (excluding diaryl/α,β-unsaturated/α-hetero) is 2. The highest BCUT2D eigenvalue weighted by molar-refractivity contribution is 6.76. The predicted molar refractivity (Wildman–Crippen MR) is 74.4 cm³/mol. The van der Waals surface area contributed by atoms with Crippen LogP contribution in [-0.2, 0) is 9.59 Å². The summed E-state index contributed by atoms with van der Waals surface area (Å²) in [6, 6.07) is 8.24. The second-order valence-corrected chi connectivity index (χ2v) is 5.57. The van der Waals surface area contributed by atoms with Gasteiger partial charge in [0.05, 0.1) is 0 Å². The van der Waals surface area contributed by atoms with Gasteiger partial charge in [-0.05, 0) is 12.1 Å². The van der Waals surface area contributed by atoms with E-state index in [1.54, 1.807) is 30.3 Å². The molecule has 20 heavy (non-hydrogen) atoms. The van der Waals surface area contributed by atoms with Crippen molar-refractivity contribution in [2.75, 3.05) is 0 Å². The van der Waals surface area contributed by atoms with E-state index in [1.807, 2.05) is 0 Å². The van der Waals surface area contributed by atoms with E-state index in [1.165, 1.54) is 0 Å². The van der Waals surface area contributed by atoms with Gasteiger partial charge in [-0.2, -0.15) is 0 Å². The number of ketones is 2. The Labute approximate surface area is 128 Å². The van der Waals surface area contributed by atoms with Crippen LogP contribution in [0, 0.1) is 0 Å². The van der Waals surface area contributed by atoms with Crippen molar-refractivity contribution in [3.05, 3.63) is 46.6 Å². The number of amides is 1. The molecule has 0 aromatic heterocycles. The van der Waals surface area contributed by atoms with Gasteiger partial charge in [-0.1, -0.05) is 53.0 Å². The Balaban J connectivity index is 2.11. The van der Waals surface area contributed by atoms with E-state index in [2.05, 4.69) is 10.9 Å². The van der Waals surface area contributed by atoms with Crippen molar-refractivity contribution in [2.24, 2.45) is 0 Å². The molecule has 0 saturated carbocycles. The lowest BCUT2D eigenvalue weighted by atomic mass is 10.2. The van der Waals surface area contributed by atoms with Crippen LogP contribution in [0.4, 0.5) is 0 Å². The van der Waals surface area contributed by atoms with Gasteiger partial charge in [0, 0.05) is 5.56 Å². The third-order valence-corrected chi connectivity index (χ3v) is 3.60. The summed E-state index contributed by atoms with van der Waals surface area (Å²) >= 11 is 16.8. The molecule has 104 valence electrons. The molecule has 0 saturated heterocycles. The molecule has 2 rings (SSSR count). The minimum absolute atomic E-state index is 0.342. The van der Waals surface area contributed by atoms with E-state index in [-0.39, 0.29) is 5.70 Å². The standard InChI is InChI=1S/C12H7Cl3N2O3/c13-7-8(10(19)12(14,15)9(7)18)16-17-11(20)6-4-2-1-3-5-6/h1-5,16H,(H,17,20). The zero-order valence-electron chi connectivity index (χ0n) is 9.75. The molecule has 0 heterocycles. The lowest BCUT2D eigenvalue weighted by Crippen LogP contribution is -2.40. The van der Waals surface area contributed by atoms with Gasteiger partial charge in [0.15, 0.2) is 0 Å². The monoisotopic (exact) mass is 332 g/mol. The molecule has 0 unspecified atom stereocenters. The fraction of sp³-hybridized carbons (Fsp3) is 0.0833. The molecule has 0 spiro atoms. The number of benzene rings is 1. The number of carbonyl (C=O) groups is 3. The summed E-state index contributed by atoms with van der Waals surface area (Å²) < 4.78 is -2.25. The van der Waals surface area contributed by atoms with Crippen LogP contribution >= 0.6 is 34.8 Å². The lowest BCUT2D eigenvalue weighted by Gasteiger charge is -2.10. The van der Waals surface area contributed by atoms with Crippen molar-refractivity contribution in [2.45, 2.75) is 4.33 Å². The van der Waals surface area contributed by atoms with Gasteiger partial charge in [0.2, 0.25) is 15.9 Å². The second-order valence-electron chi connectivity index (χ2n) is 3.87. The molecule has 0 atom stereocenters. The summed E-state index contributed by atoms with van der Waals surface area (Å²) in [7, 11) is 0. The summed E-state index contributed by atoms with van der Waals surface area (Å²) in [5.74, 6) is -2.35. The smallest absolute Gasteiger partial charge is 0.269 e. The summed E-state index contributed by atoms with van der Waals surface area (Å²) in [5.41, 5.74) is 4.53. The Hall–Kier alpha value is -1.56. The maximum absolute atomic E-state index is 11.8. The number of hydrazine groups is 1. The fourth-order valence-corrected chi connectivity index (χ4v) is 2.25. The maximum atomic E-state index is 11.8. The van der Waals surface area contributed by atoms with E-state index >= 15 is 0 Å². The molecule has 1 aliphatic carbocycles. The summed E-state index contributed by atoms with van der Waals surface area (Å²) in [6.45, 7) is 0. The van der Waals surface area contributed by atoms with Gasteiger partial charge in [-0.25, -0.2) is 0 Å². The van der Waals surface area contributed by atoms with Crippen molar-refractivity contribution in [1.82, 2.24) is 10.9 Å². The highest BCUT2D eigenvalue weighted by atomic mass is 35.5. The summed E-state index contributed by atoms with van der Waals surface area (Å²) in [4.78, 5) is 35.0. The van der Waals surface area contributed by atoms with Crippen molar-refractivity contribution in [1.29, 1.82) is 0 Å². The van der Waals surface area contributed by atoms with Gasteiger partial charge in [-0.15, -0.1) is 0 Å². The van der Waals surface area contributed by atoms with Crippen LogP contribution in [0.15, 0.2) is 41.1 Å². The van der Waals surface area contributed by atoms with Crippen molar-refractivity contribution in [3.8, 4) is 0 Å². The van der Waals surface area contributed by atoms with E-state index in [9.17, 15) is 14.4 Å². The van der Waals surface area contributed by atoms with Crippen molar-refractivity contribution >= 4 is 52.3 Å². The topological polar surface area (TPSA) is 75.3 Å². The van der Waals surface area contributed by atoms with Crippen LogP contribution in [-0.4, -0.2) is 21.8 Å². The molecular formula is C12H7Cl3N2O3. The van der Waals surface area contributed by atoms with Gasteiger partial charge in [0.25, 0.3) is 5.91 Å². The first-order valence-electron chi connectivity index (χ1n) is 5.34. The number of halogens is 3. The van der Waals surface area contributed by atoms with E-state index in [4.69, 9.17) is 34.8 Å². The highest BCUT2D eigenvalue weighted by Crippen LogP contribution is 2.37. The molecule has 0 bridgehead atoms. The molecule has 0 radical (unpaired) electrons. The SMILES string of the molecule is O=C(NNC1=C(Cl)C(=O)C(Cl)(Cl)C1=O)c1ccccc1. The number of hydrogen-bond donors (Lipinski definition) is 2. The third kappa shape index (κ3) is 2.52. The number of rotatable bonds is 3. The minimum atomic E-state index is -2.25. The van der Waals surface area contributed by atoms with Crippen LogP contribution in [0.5, 0.6) is 0 Å². The lowest BCUT2D eigenvalue weighted by molar-refractivity contribution is -0.121. The Kier molecular flexibility index (Phi) is 4.04. The van der Waals surface area contributed by atoms with Crippen LogP contribution < -0.4 is 10.9 Å². The molecule has 0 aliphatic heterocycles. The normalized spacial score (nSPS) is 17.4.